The number of carbonyl (C=O) groups is 2. The molecule has 4 N–H and O–H groups in total. The predicted octanol–water partition coefficient (Wildman–Crippen LogP) is 9.25. The summed E-state index contributed by atoms with van der Waals surface area (Å²) in [4.78, 5) is 26.6. The van der Waals surface area contributed by atoms with Crippen molar-refractivity contribution >= 4 is 63.6 Å². The predicted molar refractivity (Wildman–Crippen MR) is 283 cm³/mol. The molecule has 0 bridgehead atoms. The average molecular weight is 900 g/mol. The lowest BCUT2D eigenvalue weighted by molar-refractivity contribution is -0.462. The van der Waals surface area contributed by atoms with Gasteiger partial charge in [0.1, 0.15) is 22.2 Å². The van der Waals surface area contributed by atoms with Gasteiger partial charge in [0.2, 0.25) is 11.8 Å². The highest BCUT2D eigenvalue weighted by atomic mass is 28.3. The molecule has 0 unspecified atom stereocenters. The van der Waals surface area contributed by atoms with Crippen LogP contribution in [0, 0.1) is 19.8 Å². The number of hydrogen-bond acceptors (Lipinski definition) is 5. The second-order valence-corrected chi connectivity index (χ2v) is 23.9. The Morgan fingerprint density at radius 3 is 1.97 bits per heavy atom. The van der Waals surface area contributed by atoms with E-state index < -0.39 is 8.07 Å². The number of nitrogens with zero attached hydrogens (tertiary/aromatic N) is 2. The third kappa shape index (κ3) is 9.94. The van der Waals surface area contributed by atoms with E-state index in [9.17, 15) is 9.59 Å². The summed E-state index contributed by atoms with van der Waals surface area (Å²) in [5.74, 6) is -0.0337. The number of amides is 2. The number of benzene rings is 5. The molecule has 2 amide bonds. The number of rotatable bonds is 17. The maximum absolute atomic E-state index is 12.2. The fourth-order valence-corrected chi connectivity index (χ4v) is 12.7. The van der Waals surface area contributed by atoms with E-state index in [0.717, 1.165) is 25.9 Å². The van der Waals surface area contributed by atoms with E-state index in [-0.39, 0.29) is 17.7 Å². The van der Waals surface area contributed by atoms with Gasteiger partial charge in [-0.1, -0.05) is 82.1 Å². The zero-order chi connectivity index (χ0) is 47.4. The molecule has 7 rings (SSSR count). The monoisotopic (exact) mass is 900 g/mol. The number of hydrogen-bond donors (Lipinski definition) is 4. The van der Waals surface area contributed by atoms with Crippen molar-refractivity contribution < 1.29 is 14.2 Å². The Kier molecular flexibility index (Phi) is 14.8. The second kappa shape index (κ2) is 20.3. The molecule has 8 nitrogen and oxygen atoms in total. The normalized spacial score (nSPS) is 14.1. The molecule has 1 aliphatic carbocycles. The summed E-state index contributed by atoms with van der Waals surface area (Å²) in [5.41, 5.74) is 15.7. The molecule has 0 atom stereocenters. The van der Waals surface area contributed by atoms with Crippen LogP contribution in [0.15, 0.2) is 114 Å². The lowest BCUT2D eigenvalue weighted by Crippen LogP contribution is -2.49. The van der Waals surface area contributed by atoms with Crippen molar-refractivity contribution in [2.24, 2.45) is 5.92 Å². The molecule has 0 aromatic heterocycles. The zero-order valence-corrected chi connectivity index (χ0v) is 42.3. The standard InChI is InChI=1S/C57H70N6O2Si/c1-36(2)56(64)60-27-15-25-58-34-51-43-17-13-14-18-44(43)52(35-59-26-16-28-61-57(65)37(3)4)50-30-40(19-22-45(50)51)48-33-49(39(6)29-38(48)5)55-46-23-20-41(62(7)8)31-53(46)66(11,12)54-32-42(63(9)10)21-24-47(54)55/h13-14,17-24,29-33,37,58-59H,1,15-16,25-28,34-35H2,2-12H3,(H-,60,61,64,65)/p+1. The topological polar surface area (TPSA) is 88.5 Å². The molecular weight excluding hydrogens is 829 g/mol. The molecule has 5 aromatic rings. The Labute approximate surface area is 394 Å². The summed E-state index contributed by atoms with van der Waals surface area (Å²) in [6.45, 7) is 23.1. The highest BCUT2D eigenvalue weighted by Gasteiger charge is 2.40. The van der Waals surface area contributed by atoms with Gasteiger partial charge in [-0.2, -0.15) is 0 Å². The van der Waals surface area contributed by atoms with Crippen LogP contribution in [0.1, 0.15) is 67.0 Å². The molecule has 1 heterocycles. The Bertz CT molecular complexity index is 2860. The SMILES string of the molecule is C=C(C)C(=O)NCCCNCc1c2ccccc2c(CNCCCNC(=O)C(C)C)c2cc(-c3cc(C4=C5C=CC(=[N+](C)C)C=C5[Si](C)(C)c5cc(N(C)C)ccc54)c(C)cc3C)ccc12. The van der Waals surface area contributed by atoms with E-state index in [1.807, 2.05) is 13.8 Å². The second-order valence-electron chi connectivity index (χ2n) is 19.5. The number of nitrogens with one attached hydrogen (secondary N) is 4. The first kappa shape index (κ1) is 48.1. The van der Waals surface area contributed by atoms with Crippen molar-refractivity contribution in [3.63, 3.8) is 0 Å². The van der Waals surface area contributed by atoms with Crippen LogP contribution in [0.4, 0.5) is 5.69 Å². The lowest BCUT2D eigenvalue weighted by atomic mass is 9.84. The van der Waals surface area contributed by atoms with Gasteiger partial charge in [0.05, 0.1) is 0 Å². The Balaban J connectivity index is 1.34. The Morgan fingerprint density at radius 2 is 1.35 bits per heavy atom. The van der Waals surface area contributed by atoms with Gasteiger partial charge in [-0.15, -0.1) is 0 Å². The van der Waals surface area contributed by atoms with Gasteiger partial charge in [-0.25, -0.2) is 4.58 Å². The van der Waals surface area contributed by atoms with Crippen LogP contribution in [-0.4, -0.2) is 84.5 Å². The molecule has 0 fully saturated rings. The summed E-state index contributed by atoms with van der Waals surface area (Å²) < 4.78 is 2.22. The lowest BCUT2D eigenvalue weighted by Gasteiger charge is -2.38. The van der Waals surface area contributed by atoms with E-state index in [1.165, 1.54) is 99.0 Å². The van der Waals surface area contributed by atoms with E-state index >= 15 is 0 Å². The molecule has 0 spiro atoms. The molecule has 0 radical (unpaired) electrons. The third-order valence-electron chi connectivity index (χ3n) is 13.5. The van der Waals surface area contributed by atoms with E-state index in [1.54, 1.807) is 6.92 Å². The van der Waals surface area contributed by atoms with Gasteiger partial charge in [0, 0.05) is 69.6 Å². The first-order valence-corrected chi connectivity index (χ1v) is 26.7. The number of carbonyl (C=O) groups excluding carboxylic acids is 2. The quantitative estimate of drug-likeness (QED) is 0.0246. The Morgan fingerprint density at radius 1 is 0.727 bits per heavy atom. The van der Waals surface area contributed by atoms with Crippen molar-refractivity contribution in [1.29, 1.82) is 0 Å². The van der Waals surface area contributed by atoms with E-state index in [4.69, 9.17) is 0 Å². The molecule has 66 heavy (non-hydrogen) atoms. The van der Waals surface area contributed by atoms with Crippen LogP contribution >= 0.6 is 0 Å². The van der Waals surface area contributed by atoms with Crippen LogP contribution in [0.25, 0.3) is 38.2 Å². The smallest absolute Gasteiger partial charge is 0.246 e. The van der Waals surface area contributed by atoms with Crippen molar-refractivity contribution in [3.8, 4) is 11.1 Å². The first-order valence-electron chi connectivity index (χ1n) is 23.7. The van der Waals surface area contributed by atoms with Crippen LogP contribution in [0.3, 0.4) is 0 Å². The average Bonchev–Trinajstić information content (AvgIpc) is 3.28. The third-order valence-corrected chi connectivity index (χ3v) is 17.0. The minimum Gasteiger partial charge on any atom is -0.378 e. The molecule has 0 saturated carbocycles. The minimum absolute atomic E-state index is 0.0252. The minimum atomic E-state index is -2.11. The number of anilines is 1. The fraction of sp³-hybridized carbons (Fsp3) is 0.351. The summed E-state index contributed by atoms with van der Waals surface area (Å²) in [7, 11) is 6.43. The zero-order valence-electron chi connectivity index (χ0n) is 41.3. The van der Waals surface area contributed by atoms with Crippen LogP contribution in [0.2, 0.25) is 13.1 Å². The van der Waals surface area contributed by atoms with Gasteiger partial charge >= 0.3 is 0 Å². The van der Waals surface area contributed by atoms with Gasteiger partial charge in [-0.3, -0.25) is 9.59 Å². The highest BCUT2D eigenvalue weighted by Crippen LogP contribution is 2.44. The summed E-state index contributed by atoms with van der Waals surface area (Å²) in [5, 5.41) is 21.4. The molecule has 1 aliphatic heterocycles. The summed E-state index contributed by atoms with van der Waals surface area (Å²) >= 11 is 0. The number of aryl methyl sites for hydroxylation is 2. The van der Waals surface area contributed by atoms with Gasteiger partial charge < -0.3 is 26.2 Å². The molecule has 344 valence electrons. The molecule has 5 aromatic carbocycles. The molecule has 0 saturated heterocycles. The van der Waals surface area contributed by atoms with Crippen LogP contribution < -0.4 is 31.4 Å². The first-order chi connectivity index (χ1) is 31.5. The van der Waals surface area contributed by atoms with Gasteiger partial charge in [-0.05, 0) is 165 Å². The van der Waals surface area contributed by atoms with Gasteiger partial charge in [0.25, 0.3) is 0 Å². The number of fused-ring (bicyclic) bond motifs is 4. The maximum atomic E-state index is 12.2. The molecule has 2 aliphatic rings. The van der Waals surface area contributed by atoms with Crippen molar-refractivity contribution in [1.82, 2.24) is 21.3 Å². The summed E-state index contributed by atoms with van der Waals surface area (Å²) in [6, 6.07) is 27.8. The molecular formula is C57H71N6O2Si+. The molecule has 9 heteroatoms. The largest absolute Gasteiger partial charge is 0.378 e. The Hall–Kier alpha value is -5.87. The maximum Gasteiger partial charge on any atom is 0.246 e. The van der Waals surface area contributed by atoms with Crippen LogP contribution in [0.5, 0.6) is 0 Å². The van der Waals surface area contributed by atoms with Crippen LogP contribution in [-0.2, 0) is 22.7 Å². The fourth-order valence-electron chi connectivity index (χ4n) is 9.63. The highest BCUT2D eigenvalue weighted by molar-refractivity contribution is 6.98. The van der Waals surface area contributed by atoms with E-state index in [2.05, 4.69) is 183 Å². The summed E-state index contributed by atoms with van der Waals surface area (Å²) in [6.07, 6.45) is 8.78. The van der Waals surface area contributed by atoms with E-state index in [0.29, 0.717) is 31.8 Å². The number of allylic oxidation sites excluding steroid dienone is 5. The van der Waals surface area contributed by atoms with Crippen molar-refractivity contribution in [2.45, 2.75) is 73.6 Å². The van der Waals surface area contributed by atoms with Crippen molar-refractivity contribution in [3.05, 3.63) is 147 Å². The van der Waals surface area contributed by atoms with Crippen molar-refractivity contribution in [2.75, 3.05) is 59.3 Å². The van der Waals surface area contributed by atoms with Gasteiger partial charge in [0.15, 0.2) is 5.71 Å².